The topological polar surface area (TPSA) is 20.2 Å². The standard InChI is InChI=1S/C29H50O/c1-18(2)19(3)8-9-20(4)23-12-13-25-22-10-11-24-21(5)27(30)15-17-29(24,7)26(22)14-16-28(23,25)6/h10,18-21,23-27,30H,8-9,11-17H2,1-7H3/t19?,20-,21+,23-,24+,25+,26+,27+,28-,29+/m1/s1. The lowest BCUT2D eigenvalue weighted by atomic mass is 9.46. The monoisotopic (exact) mass is 414 g/mol. The van der Waals surface area contributed by atoms with E-state index in [-0.39, 0.29) is 6.10 Å². The van der Waals surface area contributed by atoms with Gasteiger partial charge in [0, 0.05) is 0 Å². The highest BCUT2D eigenvalue weighted by atomic mass is 16.3. The molecular weight excluding hydrogens is 364 g/mol. The van der Waals surface area contributed by atoms with Crippen molar-refractivity contribution in [3.63, 3.8) is 0 Å². The zero-order chi connectivity index (χ0) is 21.8. The normalized spacial score (nSPS) is 47.8. The Labute approximate surface area is 187 Å². The van der Waals surface area contributed by atoms with Crippen molar-refractivity contribution in [2.45, 2.75) is 112 Å². The molecule has 172 valence electrons. The van der Waals surface area contributed by atoms with Crippen molar-refractivity contribution in [2.24, 2.45) is 58.2 Å². The molecule has 0 saturated heterocycles. The summed E-state index contributed by atoms with van der Waals surface area (Å²) in [4.78, 5) is 0. The first-order valence-electron chi connectivity index (χ1n) is 13.5. The Kier molecular flexibility index (Phi) is 6.28. The lowest BCUT2D eigenvalue weighted by molar-refractivity contribution is -0.0774. The minimum absolute atomic E-state index is 0.0724. The summed E-state index contributed by atoms with van der Waals surface area (Å²) < 4.78 is 0. The molecule has 0 radical (unpaired) electrons. The average Bonchev–Trinajstić information content (AvgIpc) is 3.06. The molecule has 3 fully saturated rings. The smallest absolute Gasteiger partial charge is 0.0568 e. The maximum Gasteiger partial charge on any atom is 0.0568 e. The summed E-state index contributed by atoms with van der Waals surface area (Å²) in [5, 5.41) is 10.5. The van der Waals surface area contributed by atoms with Gasteiger partial charge in [-0.05, 0) is 103 Å². The van der Waals surface area contributed by atoms with Crippen molar-refractivity contribution in [1.29, 1.82) is 0 Å². The Hall–Kier alpha value is -0.300. The van der Waals surface area contributed by atoms with E-state index >= 15 is 0 Å². The van der Waals surface area contributed by atoms with E-state index in [0.717, 1.165) is 41.9 Å². The zero-order valence-electron chi connectivity index (χ0n) is 21.1. The number of rotatable bonds is 5. The Morgan fingerprint density at radius 1 is 0.933 bits per heavy atom. The van der Waals surface area contributed by atoms with Gasteiger partial charge in [-0.2, -0.15) is 0 Å². The van der Waals surface area contributed by atoms with Crippen molar-refractivity contribution in [2.75, 3.05) is 0 Å². The highest BCUT2D eigenvalue weighted by Crippen LogP contribution is 2.67. The number of hydrogen-bond donors (Lipinski definition) is 1. The van der Waals surface area contributed by atoms with Crippen LogP contribution < -0.4 is 0 Å². The van der Waals surface area contributed by atoms with Crippen LogP contribution >= 0.6 is 0 Å². The van der Waals surface area contributed by atoms with Crippen molar-refractivity contribution < 1.29 is 5.11 Å². The minimum atomic E-state index is -0.0724. The van der Waals surface area contributed by atoms with Gasteiger partial charge in [-0.15, -0.1) is 0 Å². The molecule has 0 aromatic carbocycles. The molecule has 0 bridgehead atoms. The van der Waals surface area contributed by atoms with Crippen molar-refractivity contribution in [1.82, 2.24) is 0 Å². The highest BCUT2D eigenvalue weighted by Gasteiger charge is 2.59. The molecule has 30 heavy (non-hydrogen) atoms. The first-order valence-corrected chi connectivity index (χ1v) is 13.5. The third kappa shape index (κ3) is 3.54. The molecule has 0 amide bonds. The minimum Gasteiger partial charge on any atom is -0.393 e. The fraction of sp³-hybridized carbons (Fsp3) is 0.931. The van der Waals surface area contributed by atoms with E-state index in [2.05, 4.69) is 54.5 Å². The molecule has 4 aliphatic carbocycles. The Morgan fingerprint density at radius 3 is 2.30 bits per heavy atom. The molecule has 0 aliphatic heterocycles. The van der Waals surface area contributed by atoms with Crippen LogP contribution in [0.25, 0.3) is 0 Å². The second-order valence-electron chi connectivity index (χ2n) is 13.1. The highest BCUT2D eigenvalue weighted by molar-refractivity contribution is 5.28. The van der Waals surface area contributed by atoms with Crippen molar-refractivity contribution in [3.8, 4) is 0 Å². The van der Waals surface area contributed by atoms with Gasteiger partial charge in [-0.25, -0.2) is 0 Å². The number of aliphatic hydroxyl groups is 1. The van der Waals surface area contributed by atoms with E-state index in [9.17, 15) is 5.11 Å². The van der Waals surface area contributed by atoms with Gasteiger partial charge in [0.05, 0.1) is 6.10 Å². The Bertz CT molecular complexity index is 649. The molecule has 1 N–H and O–H groups in total. The van der Waals surface area contributed by atoms with Gasteiger partial charge in [0.2, 0.25) is 0 Å². The van der Waals surface area contributed by atoms with E-state index < -0.39 is 0 Å². The van der Waals surface area contributed by atoms with Gasteiger partial charge < -0.3 is 5.11 Å². The van der Waals surface area contributed by atoms with E-state index in [4.69, 9.17) is 0 Å². The van der Waals surface area contributed by atoms with Crippen LogP contribution in [0.1, 0.15) is 106 Å². The summed E-state index contributed by atoms with van der Waals surface area (Å²) in [6.45, 7) is 17.4. The second-order valence-corrected chi connectivity index (χ2v) is 13.1. The van der Waals surface area contributed by atoms with E-state index in [1.165, 1.54) is 51.4 Å². The number of aliphatic hydroxyl groups excluding tert-OH is 1. The predicted molar refractivity (Wildman–Crippen MR) is 128 cm³/mol. The molecule has 3 saturated carbocycles. The molecule has 0 spiro atoms. The fourth-order valence-corrected chi connectivity index (χ4v) is 8.98. The van der Waals surface area contributed by atoms with Gasteiger partial charge in [-0.1, -0.05) is 73.0 Å². The maximum absolute atomic E-state index is 10.5. The van der Waals surface area contributed by atoms with Gasteiger partial charge in [0.1, 0.15) is 0 Å². The Morgan fingerprint density at radius 2 is 1.60 bits per heavy atom. The Balaban J connectivity index is 1.51. The second kappa shape index (κ2) is 8.24. The lowest BCUT2D eigenvalue weighted by Gasteiger charge is -2.59. The van der Waals surface area contributed by atoms with Crippen LogP contribution in [-0.4, -0.2) is 11.2 Å². The van der Waals surface area contributed by atoms with Crippen LogP contribution in [0.15, 0.2) is 11.6 Å². The molecule has 0 aromatic rings. The van der Waals surface area contributed by atoms with Crippen molar-refractivity contribution in [3.05, 3.63) is 11.6 Å². The average molecular weight is 415 g/mol. The fourth-order valence-electron chi connectivity index (χ4n) is 8.98. The third-order valence-electron chi connectivity index (χ3n) is 11.6. The molecule has 10 atom stereocenters. The molecule has 0 aromatic heterocycles. The van der Waals surface area contributed by atoms with Gasteiger partial charge in [-0.3, -0.25) is 0 Å². The van der Waals surface area contributed by atoms with Crippen LogP contribution in [0, 0.1) is 58.2 Å². The lowest BCUT2D eigenvalue weighted by Crippen LogP contribution is -2.52. The summed E-state index contributed by atoms with van der Waals surface area (Å²) in [6, 6.07) is 0. The van der Waals surface area contributed by atoms with Gasteiger partial charge in [0.25, 0.3) is 0 Å². The molecule has 1 nitrogen and oxygen atoms in total. The summed E-state index contributed by atoms with van der Waals surface area (Å²) in [6.07, 6.45) is 14.7. The summed E-state index contributed by atoms with van der Waals surface area (Å²) >= 11 is 0. The predicted octanol–water partition coefficient (Wildman–Crippen LogP) is 7.88. The zero-order valence-corrected chi connectivity index (χ0v) is 21.1. The SMILES string of the molecule is CC(C)C(C)CC[C@@H](C)[C@H]1CC[C@H]2C3=CC[C@H]4[C@H](C)[C@@H](O)CC[C@]4(C)[C@H]3CC[C@]12C. The first kappa shape index (κ1) is 22.9. The number of allylic oxidation sites excluding steroid dienone is 2. The van der Waals surface area contributed by atoms with Crippen LogP contribution in [0.5, 0.6) is 0 Å². The largest absolute Gasteiger partial charge is 0.393 e. The van der Waals surface area contributed by atoms with Gasteiger partial charge >= 0.3 is 0 Å². The molecule has 1 heteroatoms. The van der Waals surface area contributed by atoms with E-state index in [1.807, 2.05) is 5.57 Å². The maximum atomic E-state index is 10.5. The third-order valence-corrected chi connectivity index (χ3v) is 11.6. The molecular formula is C29H50O. The summed E-state index contributed by atoms with van der Waals surface area (Å²) in [7, 11) is 0. The number of hydrogen-bond acceptors (Lipinski definition) is 1. The van der Waals surface area contributed by atoms with Crippen LogP contribution in [0.2, 0.25) is 0 Å². The van der Waals surface area contributed by atoms with E-state index in [0.29, 0.717) is 22.7 Å². The first-order chi connectivity index (χ1) is 14.1. The molecule has 1 unspecified atom stereocenters. The van der Waals surface area contributed by atoms with E-state index in [1.54, 1.807) is 0 Å². The molecule has 4 rings (SSSR count). The van der Waals surface area contributed by atoms with Crippen molar-refractivity contribution >= 4 is 0 Å². The molecule has 0 heterocycles. The molecule has 4 aliphatic rings. The van der Waals surface area contributed by atoms with Crippen LogP contribution in [0.4, 0.5) is 0 Å². The van der Waals surface area contributed by atoms with Gasteiger partial charge in [0.15, 0.2) is 0 Å². The quantitative estimate of drug-likeness (QED) is 0.454. The number of fused-ring (bicyclic) bond motifs is 5. The van der Waals surface area contributed by atoms with Crippen LogP contribution in [-0.2, 0) is 0 Å². The van der Waals surface area contributed by atoms with Crippen LogP contribution in [0.3, 0.4) is 0 Å². The summed E-state index contributed by atoms with van der Waals surface area (Å²) in [5.74, 6) is 6.25. The summed E-state index contributed by atoms with van der Waals surface area (Å²) in [5.41, 5.74) is 2.84.